The minimum Gasteiger partial charge on any atom is -0.475 e. The maximum Gasteiger partial charge on any atom is 0.350 e. The molecular formula is C21H17Cl2NO4. The molecule has 5 nitrogen and oxygen atoms in total. The first-order valence-electron chi connectivity index (χ1n) is 8.82. The Balaban J connectivity index is 1.75. The van der Waals surface area contributed by atoms with Crippen LogP contribution in [0.4, 0.5) is 5.69 Å². The zero-order valence-electron chi connectivity index (χ0n) is 15.1. The van der Waals surface area contributed by atoms with Crippen molar-refractivity contribution in [3.8, 4) is 5.75 Å². The van der Waals surface area contributed by atoms with Crippen LogP contribution in [0.25, 0.3) is 11.6 Å². The van der Waals surface area contributed by atoms with Gasteiger partial charge in [0, 0.05) is 26.7 Å². The smallest absolute Gasteiger partial charge is 0.350 e. The molecule has 0 radical (unpaired) electrons. The summed E-state index contributed by atoms with van der Waals surface area (Å²) in [5.74, 6) is -0.169. The average Bonchev–Trinajstić information content (AvgIpc) is 2.93. The monoisotopic (exact) mass is 417 g/mol. The summed E-state index contributed by atoms with van der Waals surface area (Å²) in [6, 6.07) is 10.3. The molecule has 7 heteroatoms. The van der Waals surface area contributed by atoms with Crippen LogP contribution in [0.5, 0.6) is 5.75 Å². The van der Waals surface area contributed by atoms with E-state index < -0.39 is 11.6 Å². The number of esters is 1. The van der Waals surface area contributed by atoms with Gasteiger partial charge >= 0.3 is 5.97 Å². The Labute approximate surface area is 172 Å². The highest BCUT2D eigenvalue weighted by Crippen LogP contribution is 2.41. The van der Waals surface area contributed by atoms with Crippen LogP contribution in [0.3, 0.4) is 0 Å². The van der Waals surface area contributed by atoms with E-state index in [9.17, 15) is 9.59 Å². The van der Waals surface area contributed by atoms with Gasteiger partial charge in [0.2, 0.25) is 5.60 Å². The summed E-state index contributed by atoms with van der Waals surface area (Å²) in [7, 11) is 1.35. The van der Waals surface area contributed by atoms with Gasteiger partial charge < -0.3 is 14.8 Å². The first kappa shape index (κ1) is 18.8. The number of ether oxygens (including phenoxy) is 2. The summed E-state index contributed by atoms with van der Waals surface area (Å²) in [5, 5.41) is 3.84. The molecule has 1 aliphatic heterocycles. The lowest BCUT2D eigenvalue weighted by atomic mass is 9.80. The number of halogens is 2. The minimum atomic E-state index is -0.987. The van der Waals surface area contributed by atoms with E-state index in [0.29, 0.717) is 45.5 Å². The number of rotatable bonds is 4. The summed E-state index contributed by atoms with van der Waals surface area (Å²) in [5.41, 5.74) is 1.49. The lowest BCUT2D eigenvalue weighted by molar-refractivity contribution is -0.167. The topological polar surface area (TPSA) is 64.6 Å². The zero-order valence-corrected chi connectivity index (χ0v) is 16.6. The molecule has 0 atom stereocenters. The van der Waals surface area contributed by atoms with E-state index in [1.165, 1.54) is 7.11 Å². The van der Waals surface area contributed by atoms with Gasteiger partial charge in [-0.3, -0.25) is 4.79 Å². The van der Waals surface area contributed by atoms with Gasteiger partial charge in [0.15, 0.2) is 0 Å². The highest BCUT2D eigenvalue weighted by molar-refractivity contribution is 6.37. The van der Waals surface area contributed by atoms with Gasteiger partial charge in [-0.25, -0.2) is 4.79 Å². The van der Waals surface area contributed by atoms with Crippen LogP contribution in [0.1, 0.15) is 30.4 Å². The second kappa shape index (κ2) is 7.15. The second-order valence-corrected chi connectivity index (χ2v) is 7.70. The summed E-state index contributed by atoms with van der Waals surface area (Å²) in [4.78, 5) is 24.7. The van der Waals surface area contributed by atoms with Crippen LogP contribution in [0.15, 0.2) is 36.4 Å². The highest BCUT2D eigenvalue weighted by Gasteiger charge is 2.48. The standard InChI is InChI=1S/C21H17Cl2NO4/c1-27-20(26)21(7-2-8-21)28-18-6-4-13(22)9-12(18)10-16-15-5-3-14(23)11-17(15)24-19(16)25/h3-6,9-11H,2,7-8H2,1H3,(H,24,25). The Morgan fingerprint density at radius 1 is 1.14 bits per heavy atom. The lowest BCUT2D eigenvalue weighted by Crippen LogP contribution is -2.51. The molecule has 1 saturated carbocycles. The van der Waals surface area contributed by atoms with E-state index >= 15 is 0 Å². The van der Waals surface area contributed by atoms with Crippen molar-refractivity contribution in [3.05, 3.63) is 57.6 Å². The Morgan fingerprint density at radius 2 is 1.86 bits per heavy atom. The Kier molecular flexibility index (Phi) is 4.81. The molecule has 1 heterocycles. The van der Waals surface area contributed by atoms with E-state index in [2.05, 4.69) is 5.32 Å². The Bertz CT molecular complexity index is 1010. The largest absolute Gasteiger partial charge is 0.475 e. The number of fused-ring (bicyclic) bond motifs is 1. The molecule has 0 aromatic heterocycles. The number of amides is 1. The molecule has 4 rings (SSSR count). The number of anilines is 1. The fraction of sp³-hybridized carbons (Fsp3) is 0.238. The van der Waals surface area contributed by atoms with Crippen molar-refractivity contribution in [1.82, 2.24) is 0 Å². The van der Waals surface area contributed by atoms with E-state index in [1.54, 1.807) is 42.5 Å². The Morgan fingerprint density at radius 3 is 2.54 bits per heavy atom. The normalized spacial score (nSPS) is 18.2. The predicted octanol–water partition coefficient (Wildman–Crippen LogP) is 4.96. The summed E-state index contributed by atoms with van der Waals surface area (Å²) < 4.78 is 11.0. The molecule has 1 aliphatic carbocycles. The number of benzene rings is 2. The van der Waals surface area contributed by atoms with Crippen LogP contribution in [-0.2, 0) is 14.3 Å². The average molecular weight is 418 g/mol. The minimum absolute atomic E-state index is 0.241. The molecule has 2 aromatic carbocycles. The quantitative estimate of drug-likeness (QED) is 0.563. The van der Waals surface area contributed by atoms with Crippen molar-refractivity contribution in [2.24, 2.45) is 0 Å². The fourth-order valence-corrected chi connectivity index (χ4v) is 3.79. The lowest BCUT2D eigenvalue weighted by Gasteiger charge is -2.39. The maximum atomic E-state index is 12.5. The van der Waals surface area contributed by atoms with Crippen molar-refractivity contribution < 1.29 is 19.1 Å². The van der Waals surface area contributed by atoms with Crippen LogP contribution in [0, 0.1) is 0 Å². The molecule has 1 N–H and O–H groups in total. The third-order valence-electron chi connectivity index (χ3n) is 5.06. The summed E-state index contributed by atoms with van der Waals surface area (Å²) >= 11 is 12.2. The van der Waals surface area contributed by atoms with Crippen molar-refractivity contribution in [2.45, 2.75) is 24.9 Å². The van der Waals surface area contributed by atoms with Gasteiger partial charge in [0.05, 0.1) is 12.8 Å². The van der Waals surface area contributed by atoms with E-state index in [4.69, 9.17) is 32.7 Å². The molecule has 0 unspecified atom stereocenters. The number of nitrogens with one attached hydrogen (secondary N) is 1. The second-order valence-electron chi connectivity index (χ2n) is 6.83. The number of carbonyl (C=O) groups is 2. The van der Waals surface area contributed by atoms with Gasteiger partial charge in [0.25, 0.3) is 5.91 Å². The molecule has 0 saturated heterocycles. The first-order chi connectivity index (χ1) is 13.4. The van der Waals surface area contributed by atoms with Crippen LogP contribution >= 0.6 is 23.2 Å². The molecule has 1 fully saturated rings. The van der Waals surface area contributed by atoms with Crippen molar-refractivity contribution in [3.63, 3.8) is 0 Å². The van der Waals surface area contributed by atoms with E-state index in [0.717, 1.165) is 12.0 Å². The third kappa shape index (κ3) is 3.25. The predicted molar refractivity (Wildman–Crippen MR) is 109 cm³/mol. The number of carbonyl (C=O) groups excluding carboxylic acids is 2. The van der Waals surface area contributed by atoms with Crippen LogP contribution < -0.4 is 10.1 Å². The molecule has 28 heavy (non-hydrogen) atoms. The zero-order chi connectivity index (χ0) is 19.9. The summed E-state index contributed by atoms with van der Waals surface area (Å²) in [6.45, 7) is 0. The first-order valence-corrected chi connectivity index (χ1v) is 9.57. The van der Waals surface area contributed by atoms with Gasteiger partial charge in [-0.2, -0.15) is 0 Å². The van der Waals surface area contributed by atoms with Crippen LogP contribution in [0.2, 0.25) is 10.0 Å². The number of hydrogen-bond donors (Lipinski definition) is 1. The van der Waals surface area contributed by atoms with Gasteiger partial charge in [-0.05, 0) is 55.7 Å². The van der Waals surface area contributed by atoms with Gasteiger partial charge in [-0.1, -0.05) is 29.3 Å². The fourth-order valence-electron chi connectivity index (χ4n) is 3.43. The number of hydrogen-bond acceptors (Lipinski definition) is 4. The number of methoxy groups -OCH3 is 1. The van der Waals surface area contributed by atoms with E-state index in [1.807, 2.05) is 0 Å². The molecule has 144 valence electrons. The molecular weight excluding hydrogens is 401 g/mol. The SMILES string of the molecule is COC(=O)C1(Oc2ccc(Cl)cc2C=C2C(=O)Nc3cc(Cl)ccc32)CCC1. The highest BCUT2D eigenvalue weighted by atomic mass is 35.5. The summed E-state index contributed by atoms with van der Waals surface area (Å²) in [6.07, 6.45) is 3.76. The molecule has 2 aliphatic rings. The molecule has 0 bridgehead atoms. The third-order valence-corrected chi connectivity index (χ3v) is 5.53. The van der Waals surface area contributed by atoms with E-state index in [-0.39, 0.29) is 5.91 Å². The van der Waals surface area contributed by atoms with Gasteiger partial charge in [-0.15, -0.1) is 0 Å². The Hall–Kier alpha value is -2.50. The molecule has 0 spiro atoms. The van der Waals surface area contributed by atoms with Crippen molar-refractivity contribution in [2.75, 3.05) is 12.4 Å². The van der Waals surface area contributed by atoms with Crippen molar-refractivity contribution >= 4 is 52.4 Å². The maximum absolute atomic E-state index is 12.5. The van der Waals surface area contributed by atoms with Gasteiger partial charge in [0.1, 0.15) is 5.75 Å². The van der Waals surface area contributed by atoms with Crippen LogP contribution in [-0.4, -0.2) is 24.6 Å². The molecule has 1 amide bonds. The molecule has 2 aromatic rings. The van der Waals surface area contributed by atoms with Crippen molar-refractivity contribution in [1.29, 1.82) is 0 Å².